The van der Waals surface area contributed by atoms with Crippen LogP contribution in [0.15, 0.2) is 0 Å². The second-order valence-corrected chi connectivity index (χ2v) is 4.27. The Labute approximate surface area is 75.4 Å². The Morgan fingerprint density at radius 1 is 1.09 bits per heavy atom. The van der Waals surface area contributed by atoms with Gasteiger partial charge in [0.2, 0.25) is 0 Å². The van der Waals surface area contributed by atoms with Crippen LogP contribution in [0.3, 0.4) is 0 Å². The molecule has 0 aliphatic carbocycles. The van der Waals surface area contributed by atoms with Crippen LogP contribution in [0.25, 0.3) is 0 Å². The fourth-order valence-corrected chi connectivity index (χ4v) is 0.822. The molecule has 0 unspecified atom stereocenters. The second kappa shape index (κ2) is 3.54. The fraction of sp³-hybridized carbons (Fsp3) is 0.750. The Kier molecular flexibility index (Phi) is 3.73. The van der Waals surface area contributed by atoms with E-state index in [1.165, 1.54) is 0 Å². The van der Waals surface area contributed by atoms with E-state index in [-0.39, 0.29) is 0 Å². The normalized spacial score (nSPS) is 14.2. The highest BCUT2D eigenvalue weighted by atomic mass is 35.6. The van der Waals surface area contributed by atoms with E-state index in [4.69, 9.17) is 34.8 Å². The predicted octanol–water partition coefficient (Wildman–Crippen LogP) is 3.81. The SMILES string of the molecule is F[C](F)C(F)(F)CC(Cl)(Cl)Cl. The highest BCUT2D eigenvalue weighted by Gasteiger charge is 2.48. The Hall–Kier alpha value is 0.590. The van der Waals surface area contributed by atoms with E-state index >= 15 is 0 Å². The van der Waals surface area contributed by atoms with Gasteiger partial charge in [-0.25, -0.2) is 0 Å². The molecule has 7 heteroatoms. The third kappa shape index (κ3) is 4.93. The van der Waals surface area contributed by atoms with Crippen molar-refractivity contribution in [1.82, 2.24) is 0 Å². The largest absolute Gasteiger partial charge is 0.378 e. The summed E-state index contributed by atoms with van der Waals surface area (Å²) in [5.74, 6) is -4.33. The molecule has 0 N–H and O–H groups in total. The van der Waals surface area contributed by atoms with Crippen LogP contribution in [0.5, 0.6) is 0 Å². The number of hydrogen-bond donors (Lipinski definition) is 0. The third-order valence-corrected chi connectivity index (χ3v) is 1.10. The van der Waals surface area contributed by atoms with Gasteiger partial charge in [0.1, 0.15) is 0 Å². The zero-order valence-electron chi connectivity index (χ0n) is 4.85. The molecule has 0 saturated carbocycles. The van der Waals surface area contributed by atoms with Crippen LogP contribution in [0, 0.1) is 6.43 Å². The van der Waals surface area contributed by atoms with Crippen LogP contribution in [-0.2, 0) is 0 Å². The molecule has 0 aromatic carbocycles. The molecule has 67 valence electrons. The molecule has 0 bridgehead atoms. The number of rotatable bonds is 2. The van der Waals surface area contributed by atoms with E-state index in [0.717, 1.165) is 0 Å². The van der Waals surface area contributed by atoms with Crippen LogP contribution >= 0.6 is 34.8 Å². The summed E-state index contributed by atoms with van der Waals surface area (Å²) >= 11 is 14.6. The Morgan fingerprint density at radius 2 is 1.45 bits per heavy atom. The first-order chi connectivity index (χ1) is 4.65. The van der Waals surface area contributed by atoms with Gasteiger partial charge in [0, 0.05) is 0 Å². The highest BCUT2D eigenvalue weighted by molar-refractivity contribution is 6.67. The molecule has 11 heavy (non-hydrogen) atoms. The van der Waals surface area contributed by atoms with Gasteiger partial charge in [0.15, 0.2) is 3.79 Å². The molecule has 0 heterocycles. The highest BCUT2D eigenvalue weighted by Crippen LogP contribution is 2.42. The van der Waals surface area contributed by atoms with E-state index in [9.17, 15) is 17.6 Å². The summed E-state index contributed by atoms with van der Waals surface area (Å²) < 4.78 is 44.3. The van der Waals surface area contributed by atoms with Crippen LogP contribution in [0.2, 0.25) is 0 Å². The molecular weight excluding hydrogens is 230 g/mol. The van der Waals surface area contributed by atoms with Gasteiger partial charge in [-0.15, -0.1) is 0 Å². The summed E-state index contributed by atoms with van der Waals surface area (Å²) in [6.07, 6.45) is -4.57. The smallest absolute Gasteiger partial charge is 0.199 e. The van der Waals surface area contributed by atoms with Crippen molar-refractivity contribution < 1.29 is 17.6 Å². The number of halogens is 7. The lowest BCUT2D eigenvalue weighted by Gasteiger charge is -2.18. The summed E-state index contributed by atoms with van der Waals surface area (Å²) in [7, 11) is 0. The Balaban J connectivity index is 4.13. The van der Waals surface area contributed by atoms with Crippen molar-refractivity contribution in [3.05, 3.63) is 6.43 Å². The first kappa shape index (κ1) is 11.6. The van der Waals surface area contributed by atoms with Gasteiger partial charge < -0.3 is 0 Å². The minimum atomic E-state index is -4.33. The molecule has 0 fully saturated rings. The molecule has 0 nitrogen and oxygen atoms in total. The fourth-order valence-electron chi connectivity index (χ4n) is 0.319. The summed E-state index contributed by atoms with van der Waals surface area (Å²) in [4.78, 5) is 0. The lowest BCUT2D eigenvalue weighted by molar-refractivity contribution is -0.0645. The van der Waals surface area contributed by atoms with Gasteiger partial charge in [0.25, 0.3) is 0 Å². The van der Waals surface area contributed by atoms with Crippen LogP contribution in [0.1, 0.15) is 6.42 Å². The van der Waals surface area contributed by atoms with Crippen molar-refractivity contribution in [2.75, 3.05) is 0 Å². The van der Waals surface area contributed by atoms with Crippen LogP contribution < -0.4 is 0 Å². The van der Waals surface area contributed by atoms with Gasteiger partial charge >= 0.3 is 12.3 Å². The van der Waals surface area contributed by atoms with Gasteiger partial charge in [-0.1, -0.05) is 34.8 Å². The van der Waals surface area contributed by atoms with Crippen LogP contribution in [0.4, 0.5) is 17.6 Å². The number of alkyl halides is 5. The van der Waals surface area contributed by atoms with Crippen molar-refractivity contribution in [3.8, 4) is 0 Å². The molecule has 0 rings (SSSR count). The lowest BCUT2D eigenvalue weighted by atomic mass is 10.3. The molecule has 0 saturated heterocycles. The van der Waals surface area contributed by atoms with Crippen LogP contribution in [-0.4, -0.2) is 9.72 Å². The van der Waals surface area contributed by atoms with Crippen molar-refractivity contribution in [2.45, 2.75) is 16.1 Å². The topological polar surface area (TPSA) is 0 Å². The molecular formula is C4H2Cl3F4. The maximum absolute atomic E-state index is 12.0. The van der Waals surface area contributed by atoms with Gasteiger partial charge in [-0.3, -0.25) is 0 Å². The predicted molar refractivity (Wildman–Crippen MR) is 35.3 cm³/mol. The Morgan fingerprint density at radius 3 is 1.55 bits per heavy atom. The lowest BCUT2D eigenvalue weighted by Crippen LogP contribution is -2.26. The molecule has 0 aliphatic rings. The first-order valence-corrected chi connectivity index (χ1v) is 3.41. The molecule has 0 amide bonds. The van der Waals surface area contributed by atoms with Gasteiger partial charge in [0.05, 0.1) is 6.42 Å². The summed E-state index contributed by atoms with van der Waals surface area (Å²) in [5, 5.41) is 0. The minimum absolute atomic E-state index is 1.52. The van der Waals surface area contributed by atoms with E-state index < -0.39 is 22.6 Å². The van der Waals surface area contributed by atoms with E-state index in [2.05, 4.69) is 0 Å². The standard InChI is InChI=1S/C4H2Cl3F4/c5-4(6,7)1-3(10,11)2(8)9/h1H2. The zero-order valence-corrected chi connectivity index (χ0v) is 7.12. The molecule has 0 atom stereocenters. The van der Waals surface area contributed by atoms with E-state index in [0.29, 0.717) is 0 Å². The molecule has 1 radical (unpaired) electrons. The summed E-state index contributed by atoms with van der Waals surface area (Å²) in [6, 6.07) is 0. The third-order valence-electron chi connectivity index (χ3n) is 0.699. The average molecular weight is 232 g/mol. The quantitative estimate of drug-likeness (QED) is 0.502. The average Bonchev–Trinajstić information content (AvgIpc) is 1.56. The molecule has 0 spiro atoms. The summed E-state index contributed by atoms with van der Waals surface area (Å²) in [5.41, 5.74) is 0. The minimum Gasteiger partial charge on any atom is -0.199 e. The van der Waals surface area contributed by atoms with Gasteiger partial charge in [-0.05, 0) is 0 Å². The molecule has 0 aliphatic heterocycles. The van der Waals surface area contributed by atoms with Gasteiger partial charge in [-0.2, -0.15) is 17.6 Å². The first-order valence-electron chi connectivity index (χ1n) is 2.28. The molecule has 0 aromatic rings. The summed E-state index contributed by atoms with van der Waals surface area (Å²) in [6.45, 7) is 0. The molecule has 0 aromatic heterocycles. The van der Waals surface area contributed by atoms with Crippen molar-refractivity contribution >= 4 is 34.8 Å². The zero-order chi connectivity index (χ0) is 9.28. The van der Waals surface area contributed by atoms with Crippen molar-refractivity contribution in [1.29, 1.82) is 0 Å². The van der Waals surface area contributed by atoms with E-state index in [1.54, 1.807) is 0 Å². The maximum Gasteiger partial charge on any atom is 0.378 e. The second-order valence-electron chi connectivity index (χ2n) is 1.76. The monoisotopic (exact) mass is 231 g/mol. The number of hydrogen-bond acceptors (Lipinski definition) is 0. The van der Waals surface area contributed by atoms with E-state index in [1.807, 2.05) is 0 Å². The van der Waals surface area contributed by atoms with Crippen molar-refractivity contribution in [3.63, 3.8) is 0 Å². The van der Waals surface area contributed by atoms with Crippen molar-refractivity contribution in [2.24, 2.45) is 0 Å². The Bertz CT molecular complexity index is 130. The maximum atomic E-state index is 12.0.